The van der Waals surface area contributed by atoms with Crippen LogP contribution in [0.4, 0.5) is 0 Å². The minimum atomic E-state index is 0.365. The fourth-order valence-electron chi connectivity index (χ4n) is 8.25. The molecule has 0 saturated heterocycles. The van der Waals surface area contributed by atoms with E-state index < -0.39 is 0 Å². The van der Waals surface area contributed by atoms with Gasteiger partial charge >= 0.3 is 0 Å². The van der Waals surface area contributed by atoms with Crippen LogP contribution >= 0.6 is 0 Å². The molecule has 142 valence electrons. The Kier molecular flexibility index (Phi) is 4.84. The van der Waals surface area contributed by atoms with Crippen molar-refractivity contribution < 1.29 is 5.11 Å². The zero-order valence-corrected chi connectivity index (χ0v) is 16.8. The second-order valence-corrected chi connectivity index (χ2v) is 10.6. The number of rotatable bonds is 4. The number of allylic oxidation sites excluding steroid dienone is 2. The van der Waals surface area contributed by atoms with E-state index in [0.29, 0.717) is 17.4 Å². The van der Waals surface area contributed by atoms with E-state index in [1.165, 1.54) is 57.8 Å². The van der Waals surface area contributed by atoms with Crippen molar-refractivity contribution in [2.75, 3.05) is 6.61 Å². The molecule has 0 aromatic carbocycles. The quantitative estimate of drug-likeness (QED) is 0.600. The minimum Gasteiger partial charge on any atom is -0.396 e. The molecule has 0 aliphatic heterocycles. The fourth-order valence-corrected chi connectivity index (χ4v) is 8.25. The molecule has 1 heteroatoms. The second kappa shape index (κ2) is 6.70. The van der Waals surface area contributed by atoms with Crippen molar-refractivity contribution in [1.82, 2.24) is 0 Å². The number of aliphatic hydroxyl groups is 1. The topological polar surface area (TPSA) is 20.2 Å². The molecule has 25 heavy (non-hydrogen) atoms. The van der Waals surface area contributed by atoms with E-state index in [2.05, 4.69) is 32.9 Å². The summed E-state index contributed by atoms with van der Waals surface area (Å²) in [6, 6.07) is 0. The van der Waals surface area contributed by atoms with Gasteiger partial charge in [-0.25, -0.2) is 0 Å². The number of hydrogen-bond acceptors (Lipinski definition) is 1. The summed E-state index contributed by atoms with van der Waals surface area (Å²) in [5, 5.41) is 9.24. The molecule has 0 aromatic heterocycles. The Morgan fingerprint density at radius 1 is 0.960 bits per heavy atom. The lowest BCUT2D eigenvalue weighted by atomic mass is 9.46. The van der Waals surface area contributed by atoms with E-state index in [1.807, 2.05) is 0 Å². The number of aliphatic hydroxyl groups excluding tert-OH is 1. The van der Waals surface area contributed by atoms with Crippen molar-refractivity contribution in [3.63, 3.8) is 0 Å². The monoisotopic (exact) mass is 344 g/mol. The van der Waals surface area contributed by atoms with Gasteiger partial charge in [0.25, 0.3) is 0 Å². The highest BCUT2D eigenvalue weighted by molar-refractivity contribution is 5.17. The smallest absolute Gasteiger partial charge is 0.0431 e. The van der Waals surface area contributed by atoms with Gasteiger partial charge in [0.15, 0.2) is 0 Å². The Balaban J connectivity index is 1.57. The molecule has 0 spiro atoms. The summed E-state index contributed by atoms with van der Waals surface area (Å²) in [5.41, 5.74) is 1.15. The van der Waals surface area contributed by atoms with Crippen LogP contribution in [0.1, 0.15) is 85.0 Å². The Hall–Kier alpha value is -0.300. The molecule has 4 rings (SSSR count). The fraction of sp³-hybridized carbons (Fsp3) is 0.917. The Bertz CT molecular complexity index is 510. The molecule has 0 aromatic rings. The summed E-state index contributed by atoms with van der Waals surface area (Å²) in [5.74, 6) is 5.26. The summed E-state index contributed by atoms with van der Waals surface area (Å²) < 4.78 is 0. The molecule has 1 N–H and O–H groups in total. The summed E-state index contributed by atoms with van der Waals surface area (Å²) in [6.45, 7) is 8.13. The van der Waals surface area contributed by atoms with Crippen molar-refractivity contribution in [3.8, 4) is 0 Å². The van der Waals surface area contributed by atoms with Crippen molar-refractivity contribution in [2.24, 2.45) is 46.3 Å². The van der Waals surface area contributed by atoms with Crippen LogP contribution in [0, 0.1) is 46.3 Å². The van der Waals surface area contributed by atoms with Crippen molar-refractivity contribution in [3.05, 3.63) is 12.2 Å². The molecule has 8 atom stereocenters. The van der Waals surface area contributed by atoms with E-state index in [0.717, 1.165) is 41.9 Å². The molecule has 3 saturated carbocycles. The molecular weight excluding hydrogens is 304 g/mol. The third kappa shape index (κ3) is 2.75. The van der Waals surface area contributed by atoms with Crippen LogP contribution in [0.2, 0.25) is 0 Å². The molecule has 0 unspecified atom stereocenters. The van der Waals surface area contributed by atoms with Gasteiger partial charge in [-0.2, -0.15) is 0 Å². The first-order chi connectivity index (χ1) is 12.0. The number of hydrogen-bond donors (Lipinski definition) is 1. The van der Waals surface area contributed by atoms with Gasteiger partial charge in [-0.1, -0.05) is 45.8 Å². The highest BCUT2D eigenvalue weighted by Gasteiger charge is 2.58. The molecule has 3 fully saturated rings. The van der Waals surface area contributed by atoms with Crippen molar-refractivity contribution >= 4 is 0 Å². The van der Waals surface area contributed by atoms with E-state index in [1.54, 1.807) is 0 Å². The van der Waals surface area contributed by atoms with Crippen LogP contribution in [0.25, 0.3) is 0 Å². The largest absolute Gasteiger partial charge is 0.396 e. The first kappa shape index (κ1) is 18.1. The first-order valence-corrected chi connectivity index (χ1v) is 11.3. The summed E-state index contributed by atoms with van der Waals surface area (Å²) in [7, 11) is 0. The van der Waals surface area contributed by atoms with Crippen LogP contribution in [0.3, 0.4) is 0 Å². The summed E-state index contributed by atoms with van der Waals surface area (Å²) >= 11 is 0. The van der Waals surface area contributed by atoms with Crippen LogP contribution < -0.4 is 0 Å². The van der Waals surface area contributed by atoms with Gasteiger partial charge in [0, 0.05) is 6.61 Å². The summed E-state index contributed by atoms with van der Waals surface area (Å²) in [4.78, 5) is 0. The molecule has 0 bridgehead atoms. The maximum absolute atomic E-state index is 9.24. The van der Waals surface area contributed by atoms with E-state index >= 15 is 0 Å². The highest BCUT2D eigenvalue weighted by atomic mass is 16.2. The third-order valence-corrected chi connectivity index (χ3v) is 9.65. The van der Waals surface area contributed by atoms with Gasteiger partial charge in [-0.05, 0) is 97.7 Å². The van der Waals surface area contributed by atoms with Crippen LogP contribution in [-0.2, 0) is 0 Å². The van der Waals surface area contributed by atoms with Gasteiger partial charge in [0.1, 0.15) is 0 Å². The van der Waals surface area contributed by atoms with E-state index in [-0.39, 0.29) is 0 Å². The molecule has 0 heterocycles. The lowest BCUT2D eigenvalue weighted by Crippen LogP contribution is -2.51. The standard InChI is InChI=1S/C24H40O/c1-17(7-6-16-25)20-11-12-21-19-10-9-18-8-4-5-14-23(18,2)22(19)13-15-24(20,21)3/h9-10,17-22,25H,4-8,11-16H2,1-3H3/t17-,18-,19-,20+,21-,22-,23+,24-/m1/s1. The average molecular weight is 345 g/mol. The Morgan fingerprint density at radius 2 is 1.76 bits per heavy atom. The first-order valence-electron chi connectivity index (χ1n) is 11.3. The van der Waals surface area contributed by atoms with Crippen LogP contribution in [-0.4, -0.2) is 11.7 Å². The second-order valence-electron chi connectivity index (χ2n) is 10.6. The minimum absolute atomic E-state index is 0.365. The lowest BCUT2D eigenvalue weighted by molar-refractivity contribution is -0.0645. The lowest BCUT2D eigenvalue weighted by Gasteiger charge is -2.58. The van der Waals surface area contributed by atoms with Gasteiger partial charge in [0.05, 0.1) is 0 Å². The van der Waals surface area contributed by atoms with Crippen molar-refractivity contribution in [2.45, 2.75) is 85.0 Å². The highest BCUT2D eigenvalue weighted by Crippen LogP contribution is 2.66. The number of fused-ring (bicyclic) bond motifs is 5. The van der Waals surface area contributed by atoms with Gasteiger partial charge in [0.2, 0.25) is 0 Å². The predicted octanol–water partition coefficient (Wildman–Crippen LogP) is 6.22. The van der Waals surface area contributed by atoms with E-state index in [4.69, 9.17) is 0 Å². The van der Waals surface area contributed by atoms with Gasteiger partial charge in [-0.3, -0.25) is 0 Å². The molecule has 1 nitrogen and oxygen atoms in total. The normalized spacial score (nSPS) is 50.0. The SMILES string of the molecule is C[C@H](CCCO)[C@@H]1CC[C@@H]2[C@H]3C=C[C@H]4CCCC[C@]4(C)[C@@H]3CC[C@@]21C. The third-order valence-electron chi connectivity index (χ3n) is 9.65. The van der Waals surface area contributed by atoms with E-state index in [9.17, 15) is 5.11 Å². The maximum Gasteiger partial charge on any atom is 0.0431 e. The molecular formula is C24H40O. The van der Waals surface area contributed by atoms with Crippen molar-refractivity contribution in [1.29, 1.82) is 0 Å². The van der Waals surface area contributed by atoms with Crippen LogP contribution in [0.5, 0.6) is 0 Å². The van der Waals surface area contributed by atoms with Gasteiger partial charge < -0.3 is 5.11 Å². The Labute approximate surface area is 155 Å². The predicted molar refractivity (Wildman–Crippen MR) is 105 cm³/mol. The Morgan fingerprint density at radius 3 is 2.56 bits per heavy atom. The molecule has 0 amide bonds. The van der Waals surface area contributed by atoms with Crippen LogP contribution in [0.15, 0.2) is 12.2 Å². The molecule has 4 aliphatic carbocycles. The average Bonchev–Trinajstić information content (AvgIpc) is 2.96. The maximum atomic E-state index is 9.24. The zero-order chi connectivity index (χ0) is 17.7. The zero-order valence-electron chi connectivity index (χ0n) is 16.8. The van der Waals surface area contributed by atoms with Gasteiger partial charge in [-0.15, -0.1) is 0 Å². The molecule has 4 aliphatic rings. The summed E-state index contributed by atoms with van der Waals surface area (Å²) in [6.07, 6.45) is 19.2. The molecule has 0 radical (unpaired) electrons.